The molecule has 1 heterocycles. The summed E-state index contributed by atoms with van der Waals surface area (Å²) in [6.45, 7) is 1.08. The molecule has 1 aromatic heterocycles. The molecule has 0 fully saturated rings. The van der Waals surface area contributed by atoms with Crippen molar-refractivity contribution in [2.24, 2.45) is 0 Å². The first-order chi connectivity index (χ1) is 6.81. The van der Waals surface area contributed by atoms with Gasteiger partial charge >= 0.3 is 0 Å². The van der Waals surface area contributed by atoms with Gasteiger partial charge in [0.05, 0.1) is 23.9 Å². The second kappa shape index (κ2) is 3.77. The van der Waals surface area contributed by atoms with Gasteiger partial charge in [-0.15, -0.1) is 0 Å². The lowest BCUT2D eigenvalue weighted by Crippen LogP contribution is -2.56. The van der Waals surface area contributed by atoms with Gasteiger partial charge in [0, 0.05) is 0 Å². The monoisotopic (exact) mass is 192 g/mol. The van der Waals surface area contributed by atoms with E-state index >= 15 is 0 Å². The van der Waals surface area contributed by atoms with Crippen LogP contribution in [0.1, 0.15) is 0 Å². The summed E-state index contributed by atoms with van der Waals surface area (Å²) in [6.07, 6.45) is 1.36. The van der Waals surface area contributed by atoms with Crippen LogP contribution in [0.4, 0.5) is 0 Å². The van der Waals surface area contributed by atoms with E-state index in [4.69, 9.17) is 0 Å². The van der Waals surface area contributed by atoms with Crippen LogP contribution >= 0.6 is 0 Å². The zero-order valence-electron chi connectivity index (χ0n) is 7.93. The van der Waals surface area contributed by atoms with Gasteiger partial charge in [0.15, 0.2) is 0 Å². The number of quaternary nitrogens is 1. The highest BCUT2D eigenvalue weighted by molar-refractivity contribution is 5.74. The lowest BCUT2D eigenvalue weighted by molar-refractivity contribution is -0.384. The third kappa shape index (κ3) is 1.62. The summed E-state index contributed by atoms with van der Waals surface area (Å²) in [5, 5.41) is 9.48. The van der Waals surface area contributed by atoms with Gasteiger partial charge in [0.25, 0.3) is 0 Å². The van der Waals surface area contributed by atoms with Gasteiger partial charge in [-0.25, -0.2) is 4.98 Å². The Morgan fingerprint density at radius 3 is 3.00 bits per heavy atom. The molecule has 4 nitrogen and oxygen atoms in total. The van der Waals surface area contributed by atoms with Crippen molar-refractivity contribution in [3.05, 3.63) is 30.6 Å². The van der Waals surface area contributed by atoms with Crippen LogP contribution in [0.15, 0.2) is 30.6 Å². The minimum atomic E-state index is -0.396. The Balaban J connectivity index is 2.33. The quantitative estimate of drug-likeness (QED) is 0.697. The van der Waals surface area contributed by atoms with Gasteiger partial charge in [-0.05, 0) is 12.1 Å². The highest BCUT2D eigenvalue weighted by Gasteiger charge is 2.07. The van der Waals surface area contributed by atoms with Crippen LogP contribution < -0.4 is 5.73 Å². The molecule has 4 heteroatoms. The lowest BCUT2D eigenvalue weighted by atomic mass is 10.3. The van der Waals surface area contributed by atoms with Crippen LogP contribution in [-0.4, -0.2) is 27.3 Å². The van der Waals surface area contributed by atoms with E-state index in [-0.39, 0.29) is 0 Å². The van der Waals surface area contributed by atoms with Crippen LogP contribution in [-0.2, 0) is 6.54 Å². The van der Waals surface area contributed by atoms with E-state index < -0.39 is 6.10 Å². The summed E-state index contributed by atoms with van der Waals surface area (Å²) < 4.78 is 1.95. The van der Waals surface area contributed by atoms with Gasteiger partial charge < -0.3 is 15.4 Å². The maximum absolute atomic E-state index is 9.48. The average molecular weight is 192 g/mol. The van der Waals surface area contributed by atoms with Crippen LogP contribution in [0, 0.1) is 0 Å². The fraction of sp³-hybridized carbons (Fsp3) is 0.300. The van der Waals surface area contributed by atoms with Crippen molar-refractivity contribution in [2.75, 3.05) is 6.54 Å². The predicted molar refractivity (Wildman–Crippen MR) is 53.5 cm³/mol. The molecule has 2 aromatic rings. The smallest absolute Gasteiger partial charge is 0.120 e. The van der Waals surface area contributed by atoms with Crippen molar-refractivity contribution in [3.8, 4) is 0 Å². The van der Waals surface area contributed by atoms with Crippen LogP contribution in [0.5, 0.6) is 0 Å². The number of imidazole rings is 1. The number of aromatic nitrogens is 2. The number of aliphatic hydroxyl groups excluding tert-OH is 1. The molecule has 14 heavy (non-hydrogen) atoms. The summed E-state index contributed by atoms with van der Waals surface area (Å²) in [5.41, 5.74) is 5.68. The number of benzene rings is 1. The molecule has 0 aliphatic heterocycles. The van der Waals surface area contributed by atoms with Crippen molar-refractivity contribution in [2.45, 2.75) is 12.6 Å². The molecule has 1 aromatic carbocycles. The van der Waals surface area contributed by atoms with E-state index in [1.807, 2.05) is 28.8 Å². The molecule has 0 unspecified atom stereocenters. The molecule has 4 N–H and O–H groups in total. The first kappa shape index (κ1) is 9.18. The fourth-order valence-electron chi connectivity index (χ4n) is 1.47. The van der Waals surface area contributed by atoms with Gasteiger partial charge in [0.2, 0.25) is 0 Å². The number of nitrogens with zero attached hydrogens (tertiary/aromatic N) is 2. The summed E-state index contributed by atoms with van der Waals surface area (Å²) >= 11 is 0. The zero-order chi connectivity index (χ0) is 9.97. The minimum absolute atomic E-state index is 0.396. The van der Waals surface area contributed by atoms with Gasteiger partial charge in [-0.3, -0.25) is 0 Å². The van der Waals surface area contributed by atoms with E-state index in [2.05, 4.69) is 10.7 Å². The molecule has 74 valence electrons. The number of para-hydroxylation sites is 2. The van der Waals surface area contributed by atoms with Crippen molar-refractivity contribution in [1.82, 2.24) is 9.55 Å². The van der Waals surface area contributed by atoms with E-state index in [9.17, 15) is 5.11 Å². The second-order valence-electron chi connectivity index (χ2n) is 3.33. The Morgan fingerprint density at radius 1 is 1.43 bits per heavy atom. The number of hydrogen-bond acceptors (Lipinski definition) is 2. The van der Waals surface area contributed by atoms with E-state index in [0.717, 1.165) is 11.0 Å². The summed E-state index contributed by atoms with van der Waals surface area (Å²) in [5.74, 6) is 0. The topological polar surface area (TPSA) is 65.7 Å². The number of aliphatic hydroxyl groups is 1. The summed E-state index contributed by atoms with van der Waals surface area (Å²) in [6, 6.07) is 7.88. The molecule has 0 spiro atoms. The molecule has 0 bridgehead atoms. The Labute approximate surface area is 82.0 Å². The maximum Gasteiger partial charge on any atom is 0.120 e. The van der Waals surface area contributed by atoms with Crippen LogP contribution in [0.3, 0.4) is 0 Å². The van der Waals surface area contributed by atoms with E-state index in [1.165, 1.54) is 0 Å². The summed E-state index contributed by atoms with van der Waals surface area (Å²) in [4.78, 5) is 4.24. The fourth-order valence-corrected chi connectivity index (χ4v) is 1.47. The second-order valence-corrected chi connectivity index (χ2v) is 3.33. The highest BCUT2D eigenvalue weighted by atomic mass is 16.3. The largest absolute Gasteiger partial charge is 0.385 e. The third-order valence-electron chi connectivity index (χ3n) is 2.27. The van der Waals surface area contributed by atoms with Gasteiger partial charge in [-0.1, -0.05) is 12.1 Å². The maximum atomic E-state index is 9.48. The van der Waals surface area contributed by atoms with Crippen molar-refractivity contribution < 1.29 is 10.8 Å². The Hall–Kier alpha value is -1.39. The minimum Gasteiger partial charge on any atom is -0.385 e. The van der Waals surface area contributed by atoms with Crippen molar-refractivity contribution in [3.63, 3.8) is 0 Å². The molecular formula is C10H14N3O+. The molecule has 0 aliphatic rings. The lowest BCUT2D eigenvalue weighted by Gasteiger charge is -2.07. The third-order valence-corrected chi connectivity index (χ3v) is 2.27. The molecule has 0 saturated carbocycles. The summed E-state index contributed by atoms with van der Waals surface area (Å²) in [7, 11) is 0. The zero-order valence-corrected chi connectivity index (χ0v) is 7.93. The molecule has 1 atom stereocenters. The Morgan fingerprint density at radius 2 is 2.21 bits per heavy atom. The normalized spacial score (nSPS) is 13.3. The molecule has 2 rings (SSSR count). The molecular weight excluding hydrogens is 178 g/mol. The standard InChI is InChI=1S/C10H13N3O/c11-5-8(14)6-13-7-12-9-3-1-2-4-10(9)13/h1-4,7-8,14H,5-6,11H2/p+1/t8-/m0/s1. The van der Waals surface area contributed by atoms with Crippen LogP contribution in [0.25, 0.3) is 11.0 Å². The Bertz CT molecular complexity index is 424. The average Bonchev–Trinajstić information content (AvgIpc) is 2.62. The van der Waals surface area contributed by atoms with Gasteiger partial charge in [-0.2, -0.15) is 0 Å². The van der Waals surface area contributed by atoms with Gasteiger partial charge in [0.1, 0.15) is 12.6 Å². The van der Waals surface area contributed by atoms with Crippen molar-refractivity contribution in [1.29, 1.82) is 0 Å². The highest BCUT2D eigenvalue weighted by Crippen LogP contribution is 2.11. The first-order valence-corrected chi connectivity index (χ1v) is 4.68. The Kier molecular flexibility index (Phi) is 2.47. The SMILES string of the molecule is [NH3+]C[C@H](O)Cn1cnc2ccccc21. The first-order valence-electron chi connectivity index (χ1n) is 4.68. The number of rotatable bonds is 3. The molecule has 0 saturated heterocycles. The van der Waals surface area contributed by atoms with Crippen molar-refractivity contribution >= 4 is 11.0 Å². The number of fused-ring (bicyclic) bond motifs is 1. The molecule has 0 amide bonds. The predicted octanol–water partition coefficient (Wildman–Crippen LogP) is -0.361. The molecule has 0 aliphatic carbocycles. The van der Waals surface area contributed by atoms with E-state index in [1.54, 1.807) is 6.33 Å². The van der Waals surface area contributed by atoms with E-state index in [0.29, 0.717) is 13.1 Å². The number of hydrogen-bond donors (Lipinski definition) is 2. The van der Waals surface area contributed by atoms with Crippen LogP contribution in [0.2, 0.25) is 0 Å². The molecule has 0 radical (unpaired) electrons.